The number of esters is 1. The summed E-state index contributed by atoms with van der Waals surface area (Å²) in [6, 6.07) is 9.36. The van der Waals surface area contributed by atoms with E-state index in [-0.39, 0.29) is 18.7 Å². The van der Waals surface area contributed by atoms with Gasteiger partial charge >= 0.3 is 5.97 Å². The van der Waals surface area contributed by atoms with Crippen LogP contribution in [-0.2, 0) is 21.5 Å². The predicted molar refractivity (Wildman–Crippen MR) is 112 cm³/mol. The molecule has 2 atom stereocenters. The quantitative estimate of drug-likeness (QED) is 0.460. The second-order valence-corrected chi connectivity index (χ2v) is 8.27. The molecule has 1 aliphatic heterocycles. The third kappa shape index (κ3) is 3.18. The summed E-state index contributed by atoms with van der Waals surface area (Å²) in [5.41, 5.74) is 3.12. The topological polar surface area (TPSA) is 95.2 Å². The van der Waals surface area contributed by atoms with Gasteiger partial charge in [-0.05, 0) is 50.5 Å². The fourth-order valence-corrected chi connectivity index (χ4v) is 3.98. The summed E-state index contributed by atoms with van der Waals surface area (Å²) < 4.78 is 18.2. The lowest BCUT2D eigenvalue weighted by Gasteiger charge is -2.23. The van der Waals surface area contributed by atoms with Gasteiger partial charge in [-0.25, -0.2) is 14.3 Å². The summed E-state index contributed by atoms with van der Waals surface area (Å²) >= 11 is 0. The molecule has 1 aromatic carbocycles. The Morgan fingerprint density at radius 2 is 2.10 bits per heavy atom. The first-order valence-electron chi connectivity index (χ1n) is 10.5. The van der Waals surface area contributed by atoms with Crippen molar-refractivity contribution in [3.05, 3.63) is 47.3 Å². The molecule has 2 unspecified atom stereocenters. The zero-order chi connectivity index (χ0) is 21.8. The van der Waals surface area contributed by atoms with E-state index < -0.39 is 11.7 Å². The van der Waals surface area contributed by atoms with Crippen LogP contribution < -0.4 is 4.74 Å². The van der Waals surface area contributed by atoms with Gasteiger partial charge in [0.15, 0.2) is 23.5 Å². The molecule has 1 saturated carbocycles. The Kier molecular flexibility index (Phi) is 4.71. The van der Waals surface area contributed by atoms with Crippen molar-refractivity contribution < 1.29 is 24.1 Å². The number of aliphatic hydroxyl groups is 1. The molecule has 0 spiro atoms. The molecule has 0 radical (unpaired) electrons. The Morgan fingerprint density at radius 1 is 1.29 bits per heavy atom. The van der Waals surface area contributed by atoms with Crippen LogP contribution in [-0.4, -0.2) is 45.2 Å². The number of hydrogen-bond donors (Lipinski definition) is 1. The first kappa shape index (κ1) is 20.0. The van der Waals surface area contributed by atoms with Gasteiger partial charge in [0, 0.05) is 11.1 Å². The van der Waals surface area contributed by atoms with Gasteiger partial charge in [-0.2, -0.15) is 0 Å². The van der Waals surface area contributed by atoms with Crippen molar-refractivity contribution in [1.29, 1.82) is 0 Å². The van der Waals surface area contributed by atoms with Crippen LogP contribution in [0.25, 0.3) is 16.9 Å². The van der Waals surface area contributed by atoms with E-state index in [2.05, 4.69) is 0 Å². The summed E-state index contributed by atoms with van der Waals surface area (Å²) in [4.78, 5) is 16.5. The number of aromatic nitrogens is 3. The van der Waals surface area contributed by atoms with Gasteiger partial charge in [0.2, 0.25) is 0 Å². The van der Waals surface area contributed by atoms with E-state index in [0.717, 1.165) is 36.1 Å². The highest BCUT2D eigenvalue weighted by Crippen LogP contribution is 2.50. The number of benzene rings is 1. The summed E-state index contributed by atoms with van der Waals surface area (Å²) in [7, 11) is 1.59. The van der Waals surface area contributed by atoms with Gasteiger partial charge in [0.25, 0.3) is 0 Å². The van der Waals surface area contributed by atoms with Crippen LogP contribution >= 0.6 is 0 Å². The molecule has 3 aromatic rings. The molecule has 5 rings (SSSR count). The minimum absolute atomic E-state index is 0.0500. The molecular formula is C23H25N3O5. The van der Waals surface area contributed by atoms with Gasteiger partial charge in [-0.15, -0.1) is 5.10 Å². The van der Waals surface area contributed by atoms with Crippen LogP contribution in [0.2, 0.25) is 0 Å². The lowest BCUT2D eigenvalue weighted by atomic mass is 10.0. The zero-order valence-electron chi connectivity index (χ0n) is 17.8. The fraction of sp³-hybridized carbons (Fsp3) is 0.435. The molecule has 0 saturated heterocycles. The Bertz CT molecular complexity index is 1170. The maximum Gasteiger partial charge on any atom is 0.338 e. The number of cyclic esters (lactones) is 1. The average Bonchev–Trinajstić information content (AvgIpc) is 3.34. The Hall–Kier alpha value is -2.97. The van der Waals surface area contributed by atoms with E-state index in [0.29, 0.717) is 22.8 Å². The molecule has 1 fully saturated rings. The van der Waals surface area contributed by atoms with Crippen LogP contribution in [0.5, 0.6) is 5.75 Å². The number of methoxy groups -OCH3 is 1. The van der Waals surface area contributed by atoms with Crippen LogP contribution in [0.15, 0.2) is 30.3 Å². The highest BCUT2D eigenvalue weighted by Gasteiger charge is 2.55. The number of carbonyl (C=O) groups excluding carboxylic acids is 1. The zero-order valence-corrected chi connectivity index (χ0v) is 17.8. The number of carbonyl (C=O) groups is 1. The largest absolute Gasteiger partial charge is 0.493 e. The molecule has 1 aliphatic carbocycles. The molecule has 0 bridgehead atoms. The summed E-state index contributed by atoms with van der Waals surface area (Å²) in [6.45, 7) is 4.23. The molecule has 8 nitrogen and oxygen atoms in total. The van der Waals surface area contributed by atoms with Crippen LogP contribution in [0.1, 0.15) is 54.9 Å². The predicted octanol–water partition coefficient (Wildman–Crippen LogP) is 3.24. The van der Waals surface area contributed by atoms with Crippen molar-refractivity contribution in [2.45, 2.75) is 57.5 Å². The lowest BCUT2D eigenvalue weighted by Crippen LogP contribution is -2.32. The second-order valence-electron chi connectivity index (χ2n) is 8.27. The van der Waals surface area contributed by atoms with Gasteiger partial charge < -0.3 is 19.3 Å². The smallest absolute Gasteiger partial charge is 0.338 e. The highest BCUT2D eigenvalue weighted by molar-refractivity contribution is 5.94. The number of aliphatic hydroxyl groups excluding tert-OH is 1. The van der Waals surface area contributed by atoms with Crippen LogP contribution in [0, 0.1) is 0 Å². The third-order valence-electron chi connectivity index (χ3n) is 6.29. The maximum atomic E-state index is 11.8. The lowest BCUT2D eigenvalue weighted by molar-refractivity contribution is -0.153. The molecule has 8 heteroatoms. The number of fused-ring (bicyclic) bond motifs is 2. The molecule has 0 amide bonds. The normalized spacial score (nSPS) is 18.5. The van der Waals surface area contributed by atoms with Gasteiger partial charge in [-0.1, -0.05) is 13.0 Å². The molecule has 1 N–H and O–H groups in total. The first-order chi connectivity index (χ1) is 15.0. The van der Waals surface area contributed by atoms with E-state index in [1.165, 1.54) is 0 Å². The Labute approximate surface area is 179 Å². The van der Waals surface area contributed by atoms with Crippen molar-refractivity contribution in [1.82, 2.24) is 14.6 Å². The number of ether oxygens (including phenoxy) is 3. The van der Waals surface area contributed by atoms with Crippen molar-refractivity contribution in [2.24, 2.45) is 0 Å². The molecule has 3 heterocycles. The van der Waals surface area contributed by atoms with Crippen molar-refractivity contribution >= 4 is 11.6 Å². The van der Waals surface area contributed by atoms with Crippen molar-refractivity contribution in [2.75, 3.05) is 7.11 Å². The van der Waals surface area contributed by atoms with E-state index in [4.69, 9.17) is 24.3 Å². The molecule has 2 aromatic heterocycles. The third-order valence-corrected chi connectivity index (χ3v) is 6.29. The number of rotatable bonds is 7. The van der Waals surface area contributed by atoms with E-state index in [1.54, 1.807) is 17.7 Å². The minimum Gasteiger partial charge on any atom is -0.493 e. The van der Waals surface area contributed by atoms with E-state index >= 15 is 0 Å². The molecule has 2 aliphatic rings. The van der Waals surface area contributed by atoms with Gasteiger partial charge in [0.05, 0.1) is 29.9 Å². The monoisotopic (exact) mass is 423 g/mol. The summed E-state index contributed by atoms with van der Waals surface area (Å²) in [5.74, 6) is 0.847. The molecule has 162 valence electrons. The standard InChI is InChI=1S/C23H25N3O5/c1-4-13(2)31-22(28)23(9-10-23)21-24-19-18(29-3)8-7-17(26(19)25-21)14-5-6-16-15(11-14)12-30-20(16)27/h5-8,11,13,22,28H,4,9-10,12H2,1-3H3. The molecule has 31 heavy (non-hydrogen) atoms. The summed E-state index contributed by atoms with van der Waals surface area (Å²) in [6.07, 6.45) is 1.33. The average molecular weight is 423 g/mol. The van der Waals surface area contributed by atoms with E-state index in [9.17, 15) is 9.90 Å². The number of hydrogen-bond acceptors (Lipinski definition) is 7. The highest BCUT2D eigenvalue weighted by atomic mass is 16.6. The first-order valence-corrected chi connectivity index (χ1v) is 10.5. The molecular weight excluding hydrogens is 398 g/mol. The minimum atomic E-state index is -0.961. The van der Waals surface area contributed by atoms with Crippen molar-refractivity contribution in [3.63, 3.8) is 0 Å². The Balaban J connectivity index is 1.59. The SMILES string of the molecule is CCC(C)OC(O)C1(c2nc3c(OC)ccc(-c4ccc5c(c4)COC5=O)n3n2)CC1. The van der Waals surface area contributed by atoms with Crippen LogP contribution in [0.3, 0.4) is 0 Å². The summed E-state index contributed by atoms with van der Waals surface area (Å²) in [5, 5.41) is 15.6. The Morgan fingerprint density at radius 3 is 2.81 bits per heavy atom. The van der Waals surface area contributed by atoms with Gasteiger partial charge in [0.1, 0.15) is 6.61 Å². The van der Waals surface area contributed by atoms with E-state index in [1.807, 2.05) is 38.1 Å². The fourth-order valence-electron chi connectivity index (χ4n) is 3.98. The van der Waals surface area contributed by atoms with Crippen LogP contribution in [0.4, 0.5) is 0 Å². The number of pyridine rings is 1. The second kappa shape index (κ2) is 7.32. The maximum absolute atomic E-state index is 11.8. The number of nitrogens with zero attached hydrogens (tertiary/aromatic N) is 3. The van der Waals surface area contributed by atoms with Gasteiger partial charge in [-0.3, -0.25) is 0 Å². The van der Waals surface area contributed by atoms with Crippen molar-refractivity contribution in [3.8, 4) is 17.0 Å².